The number of ether oxygens (including phenoxy) is 1. The molecule has 0 aromatic rings. The molecule has 0 aliphatic heterocycles. The molecule has 6 nitrogen and oxygen atoms in total. The number of aliphatic hydroxyl groups excluding tert-OH is 1. The Hall–Kier alpha value is -1.27. The summed E-state index contributed by atoms with van der Waals surface area (Å²) in [4.78, 5) is 23.6. The Balaban J connectivity index is 1.70. The summed E-state index contributed by atoms with van der Waals surface area (Å²) < 4.78 is 5.68. The van der Waals surface area contributed by atoms with Crippen molar-refractivity contribution in [3.63, 3.8) is 0 Å². The molecular formula is C22H32ClNO5. The third kappa shape index (κ3) is 2.71. The molecule has 0 saturated heterocycles. The molecule has 0 aromatic heterocycles. The number of esters is 1. The van der Waals surface area contributed by atoms with Gasteiger partial charge in [-0.3, -0.25) is 9.59 Å². The third-order valence-electron chi connectivity index (χ3n) is 9.13. The van der Waals surface area contributed by atoms with E-state index in [1.807, 2.05) is 6.92 Å². The molecule has 0 aromatic carbocycles. The summed E-state index contributed by atoms with van der Waals surface area (Å²) in [7, 11) is 0. The van der Waals surface area contributed by atoms with Gasteiger partial charge in [-0.2, -0.15) is 0 Å². The average Bonchev–Trinajstić information content (AvgIpc) is 2.96. The van der Waals surface area contributed by atoms with E-state index < -0.39 is 22.3 Å². The Morgan fingerprint density at radius 2 is 1.83 bits per heavy atom. The highest BCUT2D eigenvalue weighted by molar-refractivity contribution is 6.23. The van der Waals surface area contributed by atoms with Crippen LogP contribution in [0.15, 0.2) is 11.3 Å². The number of hydrogen-bond acceptors (Lipinski definition) is 5. The molecule has 0 spiro atoms. The fraction of sp³-hybridized carbons (Fsp3) is 0.818. The number of amides is 1. The number of carbonyl (C=O) groups excluding carboxylic acids is 2. The fourth-order valence-corrected chi connectivity index (χ4v) is 8.06. The summed E-state index contributed by atoms with van der Waals surface area (Å²) in [6, 6.07) is 0. The Bertz CT molecular complexity index is 783. The number of aliphatic hydroxyl groups is 2. The number of hydrogen-bond donors (Lipinski definition) is 3. The zero-order valence-electron chi connectivity index (χ0n) is 17.4. The summed E-state index contributed by atoms with van der Waals surface area (Å²) >= 11 is 6.54. The van der Waals surface area contributed by atoms with E-state index in [1.54, 1.807) is 0 Å². The molecule has 3 saturated carbocycles. The van der Waals surface area contributed by atoms with Crippen LogP contribution >= 0.6 is 11.6 Å². The smallest absolute Gasteiger partial charge is 0.302 e. The standard InChI is InChI=1S/C22H32ClNO5/c1-11(25)29-16-5-4-14-12-6-9-22(28)18(23)17(26)13(19(24)27)10-21(22,3)15(12)7-8-20(14,16)2/h12,14-16,18,26,28H,4-10H2,1-3H3,(H2,24,27)/t12?,14?,15?,16-,18-,20-,21+,22+/m0/s1. The molecule has 4 aliphatic rings. The van der Waals surface area contributed by atoms with Crippen molar-refractivity contribution in [2.75, 3.05) is 0 Å². The molecule has 4 aliphatic carbocycles. The summed E-state index contributed by atoms with van der Waals surface area (Å²) in [5.41, 5.74) is 3.71. The van der Waals surface area contributed by atoms with Crippen LogP contribution in [0, 0.1) is 28.6 Å². The second-order valence-corrected chi connectivity index (χ2v) is 10.7. The Kier molecular flexibility index (Phi) is 4.78. The van der Waals surface area contributed by atoms with Crippen molar-refractivity contribution in [2.24, 2.45) is 34.3 Å². The molecule has 3 fully saturated rings. The van der Waals surface area contributed by atoms with Crippen LogP contribution in [0.3, 0.4) is 0 Å². The van der Waals surface area contributed by atoms with Crippen LogP contribution in [0.4, 0.5) is 0 Å². The quantitative estimate of drug-likeness (QED) is 0.464. The van der Waals surface area contributed by atoms with Gasteiger partial charge in [0.25, 0.3) is 0 Å². The molecular weight excluding hydrogens is 394 g/mol. The van der Waals surface area contributed by atoms with Gasteiger partial charge in [0, 0.05) is 17.8 Å². The van der Waals surface area contributed by atoms with Crippen molar-refractivity contribution in [3.8, 4) is 0 Å². The Labute approximate surface area is 176 Å². The first-order valence-electron chi connectivity index (χ1n) is 10.7. The maximum absolute atomic E-state index is 12.0. The monoisotopic (exact) mass is 425 g/mol. The maximum Gasteiger partial charge on any atom is 0.302 e. The van der Waals surface area contributed by atoms with Crippen LogP contribution in [-0.2, 0) is 14.3 Å². The SMILES string of the molecule is CC(=O)O[C@H]1CCC2C3CC[C@@]4(O)[C@@H](Cl)C(O)=C(C(N)=O)C[C@]4(C)C3CC[C@@]21C. The maximum atomic E-state index is 12.0. The molecule has 3 unspecified atom stereocenters. The van der Waals surface area contributed by atoms with Gasteiger partial charge < -0.3 is 20.7 Å². The van der Waals surface area contributed by atoms with Gasteiger partial charge in [-0.05, 0) is 62.7 Å². The van der Waals surface area contributed by atoms with Crippen molar-refractivity contribution in [1.29, 1.82) is 0 Å². The van der Waals surface area contributed by atoms with Gasteiger partial charge in [-0.15, -0.1) is 11.6 Å². The van der Waals surface area contributed by atoms with Crippen LogP contribution in [0.5, 0.6) is 0 Å². The zero-order valence-corrected chi connectivity index (χ0v) is 18.2. The van der Waals surface area contributed by atoms with Crippen LogP contribution in [0.25, 0.3) is 0 Å². The van der Waals surface area contributed by atoms with Crippen LogP contribution in [0.2, 0.25) is 0 Å². The Morgan fingerprint density at radius 1 is 1.14 bits per heavy atom. The van der Waals surface area contributed by atoms with E-state index in [-0.39, 0.29) is 41.2 Å². The average molecular weight is 426 g/mol. The lowest BCUT2D eigenvalue weighted by atomic mass is 9.43. The highest BCUT2D eigenvalue weighted by Crippen LogP contribution is 2.68. The number of alkyl halides is 1. The van der Waals surface area contributed by atoms with E-state index in [2.05, 4.69) is 6.92 Å². The van der Waals surface area contributed by atoms with Crippen molar-refractivity contribution in [3.05, 3.63) is 11.3 Å². The number of fused-ring (bicyclic) bond motifs is 5. The third-order valence-corrected chi connectivity index (χ3v) is 9.70. The molecule has 8 atom stereocenters. The number of primary amides is 1. The summed E-state index contributed by atoms with van der Waals surface area (Å²) in [6.45, 7) is 5.72. The number of carbonyl (C=O) groups is 2. The van der Waals surface area contributed by atoms with Crippen LogP contribution in [0.1, 0.15) is 65.7 Å². The zero-order chi connectivity index (χ0) is 21.4. The largest absolute Gasteiger partial charge is 0.510 e. The predicted molar refractivity (Wildman–Crippen MR) is 108 cm³/mol. The first kappa shape index (κ1) is 21.0. The van der Waals surface area contributed by atoms with E-state index in [4.69, 9.17) is 22.1 Å². The molecule has 4 N–H and O–H groups in total. The topological polar surface area (TPSA) is 110 Å². The minimum Gasteiger partial charge on any atom is -0.510 e. The highest BCUT2D eigenvalue weighted by atomic mass is 35.5. The number of nitrogens with two attached hydrogens (primary N) is 1. The summed E-state index contributed by atoms with van der Waals surface area (Å²) in [5.74, 6) is -0.244. The van der Waals surface area contributed by atoms with Crippen molar-refractivity contribution in [2.45, 2.75) is 82.8 Å². The highest BCUT2D eigenvalue weighted by Gasteiger charge is 2.67. The fourth-order valence-electron chi connectivity index (χ4n) is 7.57. The molecule has 1 amide bonds. The number of halogens is 1. The molecule has 29 heavy (non-hydrogen) atoms. The first-order valence-corrected chi connectivity index (χ1v) is 11.1. The minimum atomic E-state index is -1.28. The predicted octanol–water partition coefficient (Wildman–Crippen LogP) is 3.20. The van der Waals surface area contributed by atoms with E-state index in [0.717, 1.165) is 32.1 Å². The molecule has 162 valence electrons. The van der Waals surface area contributed by atoms with Gasteiger partial charge in [0.2, 0.25) is 5.91 Å². The normalized spacial score (nSPS) is 49.1. The van der Waals surface area contributed by atoms with Gasteiger partial charge in [-0.1, -0.05) is 13.8 Å². The van der Waals surface area contributed by atoms with Gasteiger partial charge in [0.1, 0.15) is 17.2 Å². The second-order valence-electron chi connectivity index (χ2n) is 10.2. The summed E-state index contributed by atoms with van der Waals surface area (Å²) in [6.07, 6.45) is 5.10. The lowest BCUT2D eigenvalue weighted by molar-refractivity contribution is -0.197. The second kappa shape index (κ2) is 6.61. The summed E-state index contributed by atoms with van der Waals surface area (Å²) in [5, 5.41) is 21.1. The van der Waals surface area contributed by atoms with Crippen molar-refractivity contribution >= 4 is 23.5 Å². The molecule has 0 bridgehead atoms. The minimum absolute atomic E-state index is 0.0574. The van der Waals surface area contributed by atoms with Crippen LogP contribution < -0.4 is 5.73 Å². The van der Waals surface area contributed by atoms with E-state index in [9.17, 15) is 19.8 Å². The van der Waals surface area contributed by atoms with Gasteiger partial charge in [0.15, 0.2) is 0 Å². The molecule has 7 heteroatoms. The lowest BCUT2D eigenvalue weighted by Gasteiger charge is -2.63. The molecule has 4 rings (SSSR count). The van der Waals surface area contributed by atoms with Crippen LogP contribution in [-0.4, -0.2) is 39.2 Å². The Morgan fingerprint density at radius 3 is 2.45 bits per heavy atom. The lowest BCUT2D eigenvalue weighted by Crippen LogP contribution is -2.66. The van der Waals surface area contributed by atoms with E-state index in [1.165, 1.54) is 6.92 Å². The van der Waals surface area contributed by atoms with Crippen molar-refractivity contribution in [1.82, 2.24) is 0 Å². The molecule has 0 radical (unpaired) electrons. The van der Waals surface area contributed by atoms with Gasteiger partial charge in [0.05, 0.1) is 11.2 Å². The van der Waals surface area contributed by atoms with Gasteiger partial charge >= 0.3 is 5.97 Å². The first-order chi connectivity index (χ1) is 13.5. The number of rotatable bonds is 2. The van der Waals surface area contributed by atoms with E-state index in [0.29, 0.717) is 18.3 Å². The van der Waals surface area contributed by atoms with E-state index >= 15 is 0 Å². The van der Waals surface area contributed by atoms with Gasteiger partial charge in [-0.25, -0.2) is 0 Å². The molecule has 0 heterocycles. The van der Waals surface area contributed by atoms with Crippen molar-refractivity contribution < 1.29 is 24.5 Å².